The van der Waals surface area contributed by atoms with Crippen LogP contribution in [0.25, 0.3) is 0 Å². The molecular weight excluding hydrogens is 178 g/mol. The average Bonchev–Trinajstić information content (AvgIpc) is 2.12. The Morgan fingerprint density at radius 2 is 2.07 bits per heavy atom. The van der Waals surface area contributed by atoms with Gasteiger partial charge in [0.05, 0.1) is 5.69 Å². The molecule has 0 aliphatic heterocycles. The number of nitrogens with zero attached hydrogens (tertiary/aromatic N) is 1. The minimum atomic E-state index is -0.281. The smallest absolute Gasteiger partial charge is 0.286 e. The Balaban J connectivity index is 3.48. The van der Waals surface area contributed by atoms with E-state index in [1.165, 1.54) is 0 Å². The van der Waals surface area contributed by atoms with Crippen LogP contribution >= 0.6 is 0 Å². The van der Waals surface area contributed by atoms with Crippen LogP contribution in [0.5, 0.6) is 0 Å². The first-order valence-electron chi connectivity index (χ1n) is 4.93. The van der Waals surface area contributed by atoms with E-state index < -0.39 is 0 Å². The third-order valence-corrected chi connectivity index (χ3v) is 2.48. The molecule has 78 valence electrons. The van der Waals surface area contributed by atoms with Crippen molar-refractivity contribution < 1.29 is 5.21 Å². The van der Waals surface area contributed by atoms with Gasteiger partial charge in [-0.15, -0.1) is 0 Å². The highest BCUT2D eigenvalue weighted by Gasteiger charge is 2.12. The van der Waals surface area contributed by atoms with Crippen molar-refractivity contribution in [2.24, 2.45) is 0 Å². The largest absolute Gasteiger partial charge is 0.425 e. The summed E-state index contributed by atoms with van der Waals surface area (Å²) in [6, 6.07) is 1.88. The highest BCUT2D eigenvalue weighted by molar-refractivity contribution is 5.27. The molecule has 0 aliphatic rings. The van der Waals surface area contributed by atoms with Gasteiger partial charge in [0, 0.05) is 5.56 Å². The Hall–Kier alpha value is -1.25. The van der Waals surface area contributed by atoms with E-state index in [0.29, 0.717) is 17.7 Å². The van der Waals surface area contributed by atoms with Crippen molar-refractivity contribution in [1.29, 1.82) is 0 Å². The topological polar surface area (TPSA) is 42.2 Å². The first-order chi connectivity index (χ1) is 6.49. The van der Waals surface area contributed by atoms with Crippen molar-refractivity contribution in [1.82, 2.24) is 4.73 Å². The molecule has 0 saturated heterocycles. The lowest BCUT2D eigenvalue weighted by molar-refractivity contribution is 0.161. The van der Waals surface area contributed by atoms with Gasteiger partial charge in [0.15, 0.2) is 0 Å². The van der Waals surface area contributed by atoms with Crippen LogP contribution in [-0.4, -0.2) is 9.94 Å². The minimum Gasteiger partial charge on any atom is -0.425 e. The Bertz CT molecular complexity index is 391. The molecule has 0 fully saturated rings. The van der Waals surface area contributed by atoms with Crippen molar-refractivity contribution in [3.05, 3.63) is 33.2 Å². The highest BCUT2D eigenvalue weighted by atomic mass is 16.5. The third-order valence-electron chi connectivity index (χ3n) is 2.48. The van der Waals surface area contributed by atoms with E-state index in [-0.39, 0.29) is 11.5 Å². The Labute approximate surface area is 84.0 Å². The van der Waals surface area contributed by atoms with Gasteiger partial charge in [0.25, 0.3) is 5.56 Å². The molecule has 0 spiro atoms. The molecule has 0 atom stereocenters. The fourth-order valence-electron chi connectivity index (χ4n) is 1.63. The molecule has 3 nitrogen and oxygen atoms in total. The summed E-state index contributed by atoms with van der Waals surface area (Å²) in [5.41, 5.74) is 2.05. The number of aromatic nitrogens is 1. The second-order valence-electron chi connectivity index (χ2n) is 3.86. The quantitative estimate of drug-likeness (QED) is 0.734. The fraction of sp³-hybridized carbons (Fsp3) is 0.545. The summed E-state index contributed by atoms with van der Waals surface area (Å²) >= 11 is 0. The normalized spacial score (nSPS) is 10.9. The lowest BCUT2D eigenvalue weighted by Gasteiger charge is -2.13. The summed E-state index contributed by atoms with van der Waals surface area (Å²) in [6.07, 6.45) is 0.656. The second kappa shape index (κ2) is 3.86. The van der Waals surface area contributed by atoms with E-state index in [1.54, 1.807) is 0 Å². The number of hydrogen-bond acceptors (Lipinski definition) is 2. The number of pyridine rings is 1. The van der Waals surface area contributed by atoms with Crippen molar-refractivity contribution in [3.8, 4) is 0 Å². The molecule has 0 amide bonds. The van der Waals surface area contributed by atoms with Crippen LogP contribution in [0.15, 0.2) is 10.9 Å². The van der Waals surface area contributed by atoms with Gasteiger partial charge < -0.3 is 5.21 Å². The average molecular weight is 195 g/mol. The summed E-state index contributed by atoms with van der Waals surface area (Å²) in [4.78, 5) is 11.7. The van der Waals surface area contributed by atoms with E-state index >= 15 is 0 Å². The SMILES string of the molecule is CCc1c(C)cc(C(C)C)n(O)c1=O. The third kappa shape index (κ3) is 1.67. The molecule has 0 unspecified atom stereocenters. The fourth-order valence-corrected chi connectivity index (χ4v) is 1.63. The zero-order valence-electron chi connectivity index (χ0n) is 9.16. The van der Waals surface area contributed by atoms with Gasteiger partial charge >= 0.3 is 0 Å². The molecular formula is C11H17NO2. The first kappa shape index (κ1) is 10.8. The molecule has 3 heteroatoms. The molecule has 0 radical (unpaired) electrons. The maximum atomic E-state index is 11.7. The van der Waals surface area contributed by atoms with E-state index in [9.17, 15) is 10.0 Å². The van der Waals surface area contributed by atoms with Crippen LogP contribution in [-0.2, 0) is 6.42 Å². The molecule has 0 aliphatic carbocycles. The molecule has 0 bridgehead atoms. The minimum absolute atomic E-state index is 0.150. The molecule has 1 N–H and O–H groups in total. The van der Waals surface area contributed by atoms with Gasteiger partial charge in [-0.2, -0.15) is 4.73 Å². The van der Waals surface area contributed by atoms with E-state index in [0.717, 1.165) is 10.3 Å². The van der Waals surface area contributed by atoms with Crippen LogP contribution in [0.1, 0.15) is 43.5 Å². The van der Waals surface area contributed by atoms with Crippen LogP contribution < -0.4 is 5.56 Å². The van der Waals surface area contributed by atoms with Gasteiger partial charge in [0.1, 0.15) is 0 Å². The summed E-state index contributed by atoms with van der Waals surface area (Å²) < 4.78 is 0.774. The van der Waals surface area contributed by atoms with Gasteiger partial charge in [0.2, 0.25) is 0 Å². The van der Waals surface area contributed by atoms with Crippen LogP contribution in [0, 0.1) is 6.92 Å². The van der Waals surface area contributed by atoms with Crippen LogP contribution in [0.4, 0.5) is 0 Å². The Morgan fingerprint density at radius 3 is 2.50 bits per heavy atom. The van der Waals surface area contributed by atoms with Gasteiger partial charge in [-0.25, -0.2) is 0 Å². The monoisotopic (exact) mass is 195 g/mol. The van der Waals surface area contributed by atoms with Crippen LogP contribution in [0.3, 0.4) is 0 Å². The van der Waals surface area contributed by atoms with Crippen LogP contribution in [0.2, 0.25) is 0 Å². The van der Waals surface area contributed by atoms with E-state index in [1.807, 2.05) is 33.8 Å². The standard InChI is InChI=1S/C11H17NO2/c1-5-9-8(4)6-10(7(2)3)12(14)11(9)13/h6-7,14H,5H2,1-4H3. The van der Waals surface area contributed by atoms with Crippen molar-refractivity contribution >= 4 is 0 Å². The Morgan fingerprint density at radius 1 is 1.50 bits per heavy atom. The van der Waals surface area contributed by atoms with E-state index in [2.05, 4.69) is 0 Å². The van der Waals surface area contributed by atoms with E-state index in [4.69, 9.17) is 0 Å². The number of aryl methyl sites for hydroxylation is 1. The number of rotatable bonds is 2. The highest BCUT2D eigenvalue weighted by Crippen LogP contribution is 2.15. The van der Waals surface area contributed by atoms with Crippen molar-refractivity contribution in [2.75, 3.05) is 0 Å². The molecule has 0 aromatic carbocycles. The molecule has 1 aromatic rings. The predicted molar refractivity (Wildman–Crippen MR) is 56.1 cm³/mol. The molecule has 1 heterocycles. The summed E-state index contributed by atoms with van der Waals surface area (Å²) in [7, 11) is 0. The first-order valence-corrected chi connectivity index (χ1v) is 4.93. The summed E-state index contributed by atoms with van der Waals surface area (Å²) in [5.74, 6) is 0.150. The lowest BCUT2D eigenvalue weighted by Crippen LogP contribution is -2.26. The van der Waals surface area contributed by atoms with Crippen molar-refractivity contribution in [3.63, 3.8) is 0 Å². The van der Waals surface area contributed by atoms with Gasteiger partial charge in [-0.1, -0.05) is 20.8 Å². The second-order valence-corrected chi connectivity index (χ2v) is 3.86. The maximum absolute atomic E-state index is 11.7. The summed E-state index contributed by atoms with van der Waals surface area (Å²) in [6.45, 7) is 7.73. The molecule has 1 rings (SSSR count). The Kier molecular flexibility index (Phi) is 2.99. The molecule has 0 saturated carbocycles. The maximum Gasteiger partial charge on any atom is 0.286 e. The number of hydrogen-bond donors (Lipinski definition) is 1. The predicted octanol–water partition coefficient (Wildman–Crippen LogP) is 2.08. The molecule has 14 heavy (non-hydrogen) atoms. The lowest BCUT2D eigenvalue weighted by atomic mass is 10.0. The van der Waals surface area contributed by atoms with Gasteiger partial charge in [-0.05, 0) is 30.9 Å². The van der Waals surface area contributed by atoms with Crippen molar-refractivity contribution in [2.45, 2.75) is 40.0 Å². The zero-order chi connectivity index (χ0) is 10.9. The zero-order valence-corrected chi connectivity index (χ0v) is 9.16. The van der Waals surface area contributed by atoms with Gasteiger partial charge in [-0.3, -0.25) is 4.79 Å². The summed E-state index contributed by atoms with van der Waals surface area (Å²) in [5, 5.41) is 9.61. The molecule has 1 aromatic heterocycles.